The highest BCUT2D eigenvalue weighted by Crippen LogP contribution is 2.21. The number of carboxylic acid groups (broad SMARTS) is 1. The van der Waals surface area contributed by atoms with Crippen molar-refractivity contribution in [3.05, 3.63) is 52.5 Å². The van der Waals surface area contributed by atoms with Crippen LogP contribution >= 0.6 is 0 Å². The average molecular weight is 273 g/mol. The molecule has 0 unspecified atom stereocenters. The van der Waals surface area contributed by atoms with Crippen molar-refractivity contribution in [3.63, 3.8) is 0 Å². The lowest BCUT2D eigenvalue weighted by Gasteiger charge is -2.10. The fourth-order valence-corrected chi connectivity index (χ4v) is 1.92. The number of rotatable bonds is 3. The van der Waals surface area contributed by atoms with Crippen molar-refractivity contribution >= 4 is 17.6 Å². The van der Waals surface area contributed by atoms with Gasteiger partial charge in [0.2, 0.25) is 0 Å². The van der Waals surface area contributed by atoms with Gasteiger partial charge in [-0.2, -0.15) is 0 Å². The summed E-state index contributed by atoms with van der Waals surface area (Å²) in [7, 11) is 0. The van der Waals surface area contributed by atoms with E-state index in [0.717, 1.165) is 5.56 Å². The van der Waals surface area contributed by atoms with Crippen LogP contribution in [0.5, 0.6) is 0 Å². The second kappa shape index (κ2) is 5.21. The van der Waals surface area contributed by atoms with Gasteiger partial charge in [0.1, 0.15) is 12.0 Å². The molecule has 1 heterocycles. The minimum Gasteiger partial charge on any atom is -0.478 e. The fourth-order valence-electron chi connectivity index (χ4n) is 1.92. The highest BCUT2D eigenvalue weighted by atomic mass is 16.4. The van der Waals surface area contributed by atoms with E-state index in [2.05, 4.69) is 5.32 Å². The first-order valence-electron chi connectivity index (χ1n) is 6.09. The molecule has 0 spiro atoms. The zero-order valence-corrected chi connectivity index (χ0v) is 11.5. The Morgan fingerprint density at radius 2 is 1.85 bits per heavy atom. The van der Waals surface area contributed by atoms with E-state index in [9.17, 15) is 9.59 Å². The van der Waals surface area contributed by atoms with Gasteiger partial charge in [0.15, 0.2) is 0 Å². The molecule has 0 saturated heterocycles. The number of carbonyl (C=O) groups excluding carboxylic acids is 1. The maximum absolute atomic E-state index is 12.0. The molecule has 0 atom stereocenters. The maximum atomic E-state index is 12.0. The van der Waals surface area contributed by atoms with Crippen molar-refractivity contribution in [2.24, 2.45) is 0 Å². The van der Waals surface area contributed by atoms with Gasteiger partial charge >= 0.3 is 5.97 Å². The third-order valence-electron chi connectivity index (χ3n) is 3.15. The lowest BCUT2D eigenvalue weighted by molar-refractivity contribution is 0.0695. The molecule has 2 N–H and O–H groups in total. The quantitative estimate of drug-likeness (QED) is 0.900. The Morgan fingerprint density at radius 1 is 1.15 bits per heavy atom. The van der Waals surface area contributed by atoms with Crippen molar-refractivity contribution in [1.29, 1.82) is 0 Å². The van der Waals surface area contributed by atoms with Crippen molar-refractivity contribution in [2.45, 2.75) is 20.8 Å². The van der Waals surface area contributed by atoms with Gasteiger partial charge in [0.25, 0.3) is 5.91 Å². The molecular formula is C15H15NO4. The van der Waals surface area contributed by atoms with E-state index in [1.54, 1.807) is 32.9 Å². The summed E-state index contributed by atoms with van der Waals surface area (Å²) in [6.07, 6.45) is 1.36. The molecule has 0 saturated carbocycles. The molecule has 2 rings (SSSR count). The minimum atomic E-state index is -1.01. The van der Waals surface area contributed by atoms with Crippen LogP contribution in [0.15, 0.2) is 28.9 Å². The lowest BCUT2D eigenvalue weighted by Crippen LogP contribution is -2.12. The average Bonchev–Trinajstić information content (AvgIpc) is 2.80. The fraction of sp³-hybridized carbons (Fsp3) is 0.200. The number of furan rings is 1. The number of carbonyl (C=O) groups is 2. The van der Waals surface area contributed by atoms with Crippen LogP contribution in [0.3, 0.4) is 0 Å². The number of hydrogen-bond donors (Lipinski definition) is 2. The third-order valence-corrected chi connectivity index (χ3v) is 3.15. The van der Waals surface area contributed by atoms with Crippen molar-refractivity contribution in [2.75, 3.05) is 5.32 Å². The van der Waals surface area contributed by atoms with E-state index >= 15 is 0 Å². The number of benzene rings is 1. The Bertz CT molecular complexity index is 685. The summed E-state index contributed by atoms with van der Waals surface area (Å²) in [4.78, 5) is 23.1. The Labute approximate surface area is 116 Å². The second-order valence-electron chi connectivity index (χ2n) is 4.67. The van der Waals surface area contributed by atoms with E-state index in [4.69, 9.17) is 9.52 Å². The van der Waals surface area contributed by atoms with E-state index in [1.807, 2.05) is 0 Å². The molecule has 0 bridgehead atoms. The molecule has 1 amide bonds. The van der Waals surface area contributed by atoms with Crippen LogP contribution < -0.4 is 5.32 Å². The number of hydrogen-bond acceptors (Lipinski definition) is 3. The molecule has 104 valence electrons. The molecular weight excluding hydrogens is 258 g/mol. The third kappa shape index (κ3) is 2.71. The molecule has 5 nitrogen and oxygen atoms in total. The topological polar surface area (TPSA) is 79.5 Å². The monoisotopic (exact) mass is 273 g/mol. The standard InChI is InChI=1S/C15H15NO4/c1-8-4-12(6-13(10(8)3)15(18)19)16-14(17)11-5-9(2)20-7-11/h4-7H,1-3H3,(H,16,17)(H,18,19). The van der Waals surface area contributed by atoms with E-state index < -0.39 is 5.97 Å². The predicted octanol–water partition coefficient (Wildman–Crippen LogP) is 3.16. The molecule has 20 heavy (non-hydrogen) atoms. The molecule has 0 aliphatic heterocycles. The summed E-state index contributed by atoms with van der Waals surface area (Å²) in [5, 5.41) is 11.8. The number of aromatic carboxylic acids is 1. The van der Waals surface area contributed by atoms with Gasteiger partial charge in [0, 0.05) is 5.69 Å². The number of anilines is 1. The van der Waals surface area contributed by atoms with Gasteiger partial charge in [-0.15, -0.1) is 0 Å². The summed E-state index contributed by atoms with van der Waals surface area (Å²) in [5.41, 5.74) is 2.54. The van der Waals surface area contributed by atoms with Crippen LogP contribution in [0.4, 0.5) is 5.69 Å². The summed E-state index contributed by atoms with van der Waals surface area (Å²) < 4.78 is 5.07. The van der Waals surface area contributed by atoms with Gasteiger partial charge in [0.05, 0.1) is 11.1 Å². The highest BCUT2D eigenvalue weighted by molar-refractivity contribution is 6.04. The van der Waals surface area contributed by atoms with Crippen LogP contribution in [0.2, 0.25) is 0 Å². The van der Waals surface area contributed by atoms with Gasteiger partial charge < -0.3 is 14.8 Å². The van der Waals surface area contributed by atoms with E-state index in [1.165, 1.54) is 12.3 Å². The van der Waals surface area contributed by atoms with Gasteiger partial charge in [-0.1, -0.05) is 0 Å². The summed E-state index contributed by atoms with van der Waals surface area (Å²) in [6, 6.07) is 4.82. The first kappa shape index (κ1) is 13.9. The summed E-state index contributed by atoms with van der Waals surface area (Å²) >= 11 is 0. The van der Waals surface area contributed by atoms with Gasteiger partial charge in [-0.05, 0) is 50.1 Å². The number of carboxylic acids is 1. The Kier molecular flexibility index (Phi) is 3.61. The maximum Gasteiger partial charge on any atom is 0.336 e. The first-order valence-corrected chi connectivity index (χ1v) is 6.09. The Hall–Kier alpha value is -2.56. The molecule has 0 aliphatic carbocycles. The summed E-state index contributed by atoms with van der Waals surface area (Å²) in [6.45, 7) is 5.29. The smallest absolute Gasteiger partial charge is 0.336 e. The van der Waals surface area contributed by atoms with E-state index in [-0.39, 0.29) is 11.5 Å². The number of nitrogens with one attached hydrogen (secondary N) is 1. The predicted molar refractivity (Wildman–Crippen MR) is 74.3 cm³/mol. The zero-order chi connectivity index (χ0) is 14.9. The normalized spacial score (nSPS) is 10.3. The van der Waals surface area contributed by atoms with Crippen molar-refractivity contribution < 1.29 is 19.1 Å². The van der Waals surface area contributed by atoms with Crippen LogP contribution in [0.1, 0.15) is 37.6 Å². The van der Waals surface area contributed by atoms with Crippen molar-refractivity contribution in [3.8, 4) is 0 Å². The second-order valence-corrected chi connectivity index (χ2v) is 4.67. The molecule has 2 aromatic rings. The van der Waals surface area contributed by atoms with E-state index in [0.29, 0.717) is 22.6 Å². The molecule has 5 heteroatoms. The number of aryl methyl sites for hydroxylation is 2. The van der Waals surface area contributed by atoms with Gasteiger partial charge in [-0.3, -0.25) is 4.79 Å². The summed E-state index contributed by atoms with van der Waals surface area (Å²) in [5.74, 6) is -0.705. The molecule has 0 aliphatic rings. The molecule has 1 aromatic carbocycles. The molecule has 0 fully saturated rings. The van der Waals surface area contributed by atoms with Crippen LogP contribution in [0, 0.1) is 20.8 Å². The Morgan fingerprint density at radius 3 is 2.40 bits per heavy atom. The van der Waals surface area contributed by atoms with Crippen LogP contribution in [-0.2, 0) is 0 Å². The molecule has 1 aromatic heterocycles. The van der Waals surface area contributed by atoms with Crippen LogP contribution in [0.25, 0.3) is 0 Å². The first-order chi connectivity index (χ1) is 9.38. The van der Waals surface area contributed by atoms with Gasteiger partial charge in [-0.25, -0.2) is 4.79 Å². The minimum absolute atomic E-state index is 0.184. The Balaban J connectivity index is 2.30. The lowest BCUT2D eigenvalue weighted by atomic mass is 10.0. The largest absolute Gasteiger partial charge is 0.478 e. The zero-order valence-electron chi connectivity index (χ0n) is 11.5. The highest BCUT2D eigenvalue weighted by Gasteiger charge is 2.14. The number of amides is 1. The SMILES string of the molecule is Cc1cc(C(=O)Nc2cc(C)c(C)c(C(=O)O)c2)co1. The van der Waals surface area contributed by atoms with Crippen molar-refractivity contribution in [1.82, 2.24) is 0 Å². The van der Waals surface area contributed by atoms with Crippen LogP contribution in [-0.4, -0.2) is 17.0 Å². The molecule has 0 radical (unpaired) electrons.